The fraction of sp³-hybridized carbons (Fsp3) is 1.00. The van der Waals surface area contributed by atoms with Crippen LogP contribution in [0.5, 0.6) is 0 Å². The van der Waals surface area contributed by atoms with Crippen LogP contribution in [0, 0.1) is 0 Å². The second kappa shape index (κ2) is 5.86. The van der Waals surface area contributed by atoms with Crippen LogP contribution in [0.1, 0.15) is 0 Å². The molecule has 0 aromatic carbocycles. The zero-order valence-corrected chi connectivity index (χ0v) is 12.7. The Morgan fingerprint density at radius 3 is 1.56 bits per heavy atom. The van der Waals surface area contributed by atoms with Gasteiger partial charge in [-0.3, -0.25) is 0 Å². The van der Waals surface area contributed by atoms with Crippen molar-refractivity contribution in [3.8, 4) is 0 Å². The van der Waals surface area contributed by atoms with Crippen LogP contribution in [-0.4, -0.2) is 66.9 Å². The average Bonchev–Trinajstić information content (AvgIpc) is 2.19. The van der Waals surface area contributed by atoms with Crippen LogP contribution in [0.15, 0.2) is 0 Å². The second-order valence-corrected chi connectivity index (χ2v) is 4.73. The van der Waals surface area contributed by atoms with Crippen LogP contribution in [0.25, 0.3) is 0 Å². The monoisotopic (exact) mass is 338 g/mol. The Hall–Kier alpha value is 0.493. The molecule has 0 bridgehead atoms. The van der Waals surface area contributed by atoms with E-state index in [0.29, 0.717) is 0 Å². The molecule has 0 unspecified atom stereocenters. The SMILES string of the molecule is O=P([O-])([O-])O[C@]1(O)[C@H](O)[C@H](O)[C@@H](O)[C@H](O)[C@H]1O.[Zn+2]. The van der Waals surface area contributed by atoms with E-state index in [2.05, 4.69) is 4.52 Å². The Labute approximate surface area is 113 Å². The summed E-state index contributed by atoms with van der Waals surface area (Å²) in [5.74, 6) is -3.43. The Morgan fingerprint density at radius 1 is 0.944 bits per heavy atom. The maximum atomic E-state index is 10.3. The van der Waals surface area contributed by atoms with Gasteiger partial charge in [0.1, 0.15) is 30.5 Å². The number of aliphatic hydroxyl groups excluding tert-OH is 5. The van der Waals surface area contributed by atoms with Crippen LogP contribution < -0.4 is 9.79 Å². The van der Waals surface area contributed by atoms with Gasteiger partial charge in [0.05, 0.1) is 7.82 Å². The van der Waals surface area contributed by atoms with Gasteiger partial charge in [-0.05, 0) is 0 Å². The van der Waals surface area contributed by atoms with Crippen molar-refractivity contribution in [2.45, 2.75) is 36.3 Å². The van der Waals surface area contributed by atoms with Gasteiger partial charge in [0.15, 0.2) is 0 Å². The second-order valence-electron chi connectivity index (χ2n) is 3.65. The van der Waals surface area contributed by atoms with Gasteiger partial charge in [-0.15, -0.1) is 0 Å². The molecule has 0 radical (unpaired) electrons. The summed E-state index contributed by atoms with van der Waals surface area (Å²) in [6, 6.07) is 0. The van der Waals surface area contributed by atoms with Crippen LogP contribution in [0.3, 0.4) is 0 Å². The van der Waals surface area contributed by atoms with E-state index < -0.39 is 44.1 Å². The van der Waals surface area contributed by atoms with Crippen molar-refractivity contribution in [3.05, 3.63) is 0 Å². The predicted octanol–water partition coefficient (Wildman–Crippen LogP) is -5.66. The smallest absolute Gasteiger partial charge is 0.790 e. The molecule has 6 atom stereocenters. The van der Waals surface area contributed by atoms with E-state index >= 15 is 0 Å². The first-order valence-electron chi connectivity index (χ1n) is 4.36. The number of hydrogen-bond acceptors (Lipinski definition) is 10. The molecule has 6 N–H and O–H groups in total. The first-order chi connectivity index (χ1) is 7.50. The normalized spacial score (nSPS) is 45.4. The Morgan fingerprint density at radius 2 is 1.28 bits per heavy atom. The van der Waals surface area contributed by atoms with Gasteiger partial charge in [-0.1, -0.05) is 0 Å². The topological polar surface area (TPSA) is 194 Å². The molecule has 0 saturated heterocycles. The minimum atomic E-state index is -5.82. The van der Waals surface area contributed by atoms with Crippen molar-refractivity contribution in [3.63, 3.8) is 0 Å². The molecule has 0 amide bonds. The molecule has 12 heteroatoms. The molecule has 0 aromatic heterocycles. The summed E-state index contributed by atoms with van der Waals surface area (Å²) in [7, 11) is -5.82. The van der Waals surface area contributed by atoms with E-state index in [0.717, 1.165) is 0 Å². The van der Waals surface area contributed by atoms with Crippen LogP contribution in [0.2, 0.25) is 0 Å². The predicted molar refractivity (Wildman–Crippen MR) is 43.7 cm³/mol. The Bertz CT molecular complexity index is 316. The average molecular weight is 340 g/mol. The largest absolute Gasteiger partial charge is 2.00 e. The van der Waals surface area contributed by atoms with Gasteiger partial charge < -0.3 is 49.5 Å². The molecule has 1 aliphatic rings. The molecule has 1 saturated carbocycles. The molecular formula is C6H11O10PZn. The van der Waals surface area contributed by atoms with Crippen molar-refractivity contribution < 1.29 is 69.0 Å². The van der Waals surface area contributed by atoms with Crippen molar-refractivity contribution in [1.82, 2.24) is 0 Å². The summed E-state index contributed by atoms with van der Waals surface area (Å²) >= 11 is 0. The third-order valence-electron chi connectivity index (χ3n) is 2.45. The zero-order valence-electron chi connectivity index (χ0n) is 8.86. The summed E-state index contributed by atoms with van der Waals surface area (Å²) in [6.45, 7) is 0. The van der Waals surface area contributed by atoms with Crippen molar-refractivity contribution >= 4 is 7.82 Å². The van der Waals surface area contributed by atoms with Gasteiger partial charge in [-0.2, -0.15) is 0 Å². The quantitative estimate of drug-likeness (QED) is 0.160. The van der Waals surface area contributed by atoms with Gasteiger partial charge in [-0.25, -0.2) is 0 Å². The minimum absolute atomic E-state index is 0. The Kier molecular flexibility index (Phi) is 6.02. The van der Waals surface area contributed by atoms with Crippen LogP contribution in [0.4, 0.5) is 0 Å². The van der Waals surface area contributed by atoms with Crippen LogP contribution >= 0.6 is 7.82 Å². The molecular weight excluding hydrogens is 328 g/mol. The van der Waals surface area contributed by atoms with Gasteiger partial charge in [0.2, 0.25) is 5.79 Å². The van der Waals surface area contributed by atoms with E-state index in [1.54, 1.807) is 0 Å². The third kappa shape index (κ3) is 3.33. The molecule has 1 aliphatic carbocycles. The summed E-state index contributed by atoms with van der Waals surface area (Å²) in [4.78, 5) is 20.7. The van der Waals surface area contributed by atoms with E-state index in [4.69, 9.17) is 15.3 Å². The fourth-order valence-electron chi connectivity index (χ4n) is 1.53. The van der Waals surface area contributed by atoms with E-state index in [9.17, 15) is 29.7 Å². The molecule has 18 heavy (non-hydrogen) atoms. The van der Waals surface area contributed by atoms with Gasteiger partial charge in [0, 0.05) is 0 Å². The number of phosphoric ester groups is 1. The number of hydrogen-bond donors (Lipinski definition) is 6. The van der Waals surface area contributed by atoms with E-state index in [1.807, 2.05) is 0 Å². The molecule has 1 rings (SSSR count). The van der Waals surface area contributed by atoms with E-state index in [1.165, 1.54) is 0 Å². The third-order valence-corrected chi connectivity index (χ3v) is 2.97. The molecule has 0 spiro atoms. The first-order valence-corrected chi connectivity index (χ1v) is 5.82. The number of aliphatic hydroxyl groups is 6. The first kappa shape index (κ1) is 18.5. The molecule has 0 aliphatic heterocycles. The zero-order chi connectivity index (χ0) is 13.6. The summed E-state index contributed by atoms with van der Waals surface area (Å²) < 4.78 is 13.9. The van der Waals surface area contributed by atoms with Gasteiger partial charge in [0.25, 0.3) is 0 Å². The molecule has 102 valence electrons. The minimum Gasteiger partial charge on any atom is -0.790 e. The standard InChI is InChI=1S/C6H13O10P.Zn/c7-1-2(8)4(10)6(12,5(11)3(1)9)16-17(13,14)15;/h1-5,7-12H,(H2,13,14,15);/q;+2/p-2/t1-,2-,3+,4-,5-,6-;/m1./s1. The molecule has 0 heterocycles. The van der Waals surface area contributed by atoms with Crippen LogP contribution in [-0.2, 0) is 28.6 Å². The number of phosphoric acid groups is 1. The maximum absolute atomic E-state index is 10.3. The van der Waals surface area contributed by atoms with E-state index in [-0.39, 0.29) is 19.5 Å². The molecule has 0 aromatic rings. The maximum Gasteiger partial charge on any atom is 2.00 e. The van der Waals surface area contributed by atoms with Gasteiger partial charge >= 0.3 is 19.5 Å². The summed E-state index contributed by atoms with van der Waals surface area (Å²) in [6.07, 6.45) is -11.5. The van der Waals surface area contributed by atoms with Crippen molar-refractivity contribution in [2.24, 2.45) is 0 Å². The molecule has 10 nitrogen and oxygen atoms in total. The summed E-state index contributed by atoms with van der Waals surface area (Å²) in [5, 5.41) is 55.4. The van der Waals surface area contributed by atoms with Crippen molar-refractivity contribution in [1.29, 1.82) is 0 Å². The summed E-state index contributed by atoms with van der Waals surface area (Å²) in [5.41, 5.74) is 0. The fourth-order valence-corrected chi connectivity index (χ4v) is 2.10. The van der Waals surface area contributed by atoms with Crippen molar-refractivity contribution in [2.75, 3.05) is 0 Å². The number of rotatable bonds is 2. The molecule has 1 fully saturated rings. The Balaban J connectivity index is 0.00000289.